The van der Waals surface area contributed by atoms with E-state index in [0.29, 0.717) is 56.1 Å². The average molecular weight is 300 g/mol. The number of hydrogen-bond acceptors (Lipinski definition) is 3. The van der Waals surface area contributed by atoms with Crippen molar-refractivity contribution in [3.05, 3.63) is 0 Å². The highest BCUT2D eigenvalue weighted by Crippen LogP contribution is 2.48. The minimum Gasteiger partial charge on any atom is -0.374 e. The third-order valence-electron chi connectivity index (χ3n) is 5.69. The summed E-state index contributed by atoms with van der Waals surface area (Å²) in [4.78, 5) is 0. The number of hydrogen-bond donors (Lipinski definition) is 0. The average Bonchev–Trinajstić information content (AvgIpc) is 3.11. The van der Waals surface area contributed by atoms with Crippen LogP contribution in [0, 0.1) is 17.8 Å². The lowest BCUT2D eigenvalue weighted by Crippen LogP contribution is -2.47. The molecule has 4 rings (SSSR count). The Morgan fingerprint density at radius 1 is 0.950 bits per heavy atom. The maximum atomic E-state index is 12.8. The SMILES string of the molecule is C[C@@H]1CCCN(S(=O)(=O)N2C[C@@H]3[C@H](C2)[C@H]2CC[C@H]3O2)C1. The van der Waals surface area contributed by atoms with Crippen molar-refractivity contribution in [2.45, 2.75) is 44.8 Å². The summed E-state index contributed by atoms with van der Waals surface area (Å²) in [6, 6.07) is 0. The first-order chi connectivity index (χ1) is 9.55. The van der Waals surface area contributed by atoms with Crippen molar-refractivity contribution < 1.29 is 13.2 Å². The Morgan fingerprint density at radius 3 is 2.20 bits per heavy atom. The second kappa shape index (κ2) is 4.66. The molecule has 0 aromatic carbocycles. The van der Waals surface area contributed by atoms with Crippen LogP contribution in [0.3, 0.4) is 0 Å². The van der Waals surface area contributed by atoms with Crippen molar-refractivity contribution in [3.63, 3.8) is 0 Å². The maximum Gasteiger partial charge on any atom is 0.282 e. The fourth-order valence-electron chi connectivity index (χ4n) is 4.63. The highest BCUT2D eigenvalue weighted by molar-refractivity contribution is 7.86. The van der Waals surface area contributed by atoms with Crippen LogP contribution in [0.15, 0.2) is 0 Å². The summed E-state index contributed by atoms with van der Waals surface area (Å²) in [7, 11) is -3.24. The van der Waals surface area contributed by atoms with Gasteiger partial charge in [-0.05, 0) is 31.6 Å². The van der Waals surface area contributed by atoms with E-state index in [4.69, 9.17) is 4.74 Å². The highest BCUT2D eigenvalue weighted by Gasteiger charge is 2.55. The second-order valence-electron chi connectivity index (χ2n) is 7.05. The Morgan fingerprint density at radius 2 is 1.60 bits per heavy atom. The third-order valence-corrected chi connectivity index (χ3v) is 7.63. The lowest BCUT2D eigenvalue weighted by Gasteiger charge is -2.33. The molecule has 6 heteroatoms. The van der Waals surface area contributed by atoms with E-state index in [1.807, 2.05) is 0 Å². The Kier molecular flexibility index (Phi) is 3.15. The van der Waals surface area contributed by atoms with Gasteiger partial charge in [-0.25, -0.2) is 0 Å². The Balaban J connectivity index is 1.50. The molecule has 0 N–H and O–H groups in total. The van der Waals surface area contributed by atoms with Gasteiger partial charge in [-0.15, -0.1) is 0 Å². The van der Waals surface area contributed by atoms with Crippen molar-refractivity contribution in [2.75, 3.05) is 26.2 Å². The fourth-order valence-corrected chi connectivity index (χ4v) is 6.48. The van der Waals surface area contributed by atoms with Gasteiger partial charge in [0.1, 0.15) is 0 Å². The molecule has 4 saturated heterocycles. The van der Waals surface area contributed by atoms with Gasteiger partial charge in [-0.3, -0.25) is 0 Å². The molecule has 0 aromatic heterocycles. The van der Waals surface area contributed by atoms with Gasteiger partial charge in [0.2, 0.25) is 0 Å². The van der Waals surface area contributed by atoms with Crippen LogP contribution in [0.1, 0.15) is 32.6 Å². The lowest BCUT2D eigenvalue weighted by atomic mass is 9.82. The number of piperidine rings is 1. The zero-order chi connectivity index (χ0) is 13.9. The molecule has 0 aliphatic carbocycles. The molecule has 0 spiro atoms. The number of fused-ring (bicyclic) bond motifs is 5. The first-order valence-electron chi connectivity index (χ1n) is 7.96. The standard InChI is InChI=1S/C14H24N2O3S/c1-10-3-2-6-15(7-10)20(17,18)16-8-11-12(9-16)14-5-4-13(11)19-14/h10-14H,2-9H2,1H3/t10-,11-,12+,13-,14-/m1/s1. The molecule has 0 saturated carbocycles. The number of nitrogens with zero attached hydrogens (tertiary/aromatic N) is 2. The minimum atomic E-state index is -3.24. The second-order valence-corrected chi connectivity index (χ2v) is 8.98. The van der Waals surface area contributed by atoms with Crippen molar-refractivity contribution >= 4 is 10.2 Å². The van der Waals surface area contributed by atoms with Crippen LogP contribution in [0.2, 0.25) is 0 Å². The van der Waals surface area contributed by atoms with E-state index in [2.05, 4.69) is 6.92 Å². The summed E-state index contributed by atoms with van der Waals surface area (Å²) in [5.74, 6) is 1.39. The number of rotatable bonds is 2. The van der Waals surface area contributed by atoms with E-state index in [0.717, 1.165) is 25.7 Å². The first-order valence-corrected chi connectivity index (χ1v) is 9.36. The monoisotopic (exact) mass is 300 g/mol. The maximum absolute atomic E-state index is 12.8. The van der Waals surface area contributed by atoms with E-state index in [1.165, 1.54) is 0 Å². The lowest BCUT2D eigenvalue weighted by molar-refractivity contribution is 0.0772. The van der Waals surface area contributed by atoms with Gasteiger partial charge in [-0.2, -0.15) is 17.0 Å². The number of ether oxygens (including phenoxy) is 1. The van der Waals surface area contributed by atoms with Crippen LogP contribution in [0.25, 0.3) is 0 Å². The zero-order valence-corrected chi connectivity index (χ0v) is 12.9. The Hall–Kier alpha value is -0.170. The van der Waals surface area contributed by atoms with Gasteiger partial charge in [0.05, 0.1) is 12.2 Å². The third kappa shape index (κ3) is 1.95. The quantitative estimate of drug-likeness (QED) is 0.766. The van der Waals surface area contributed by atoms with E-state index in [1.54, 1.807) is 8.61 Å². The largest absolute Gasteiger partial charge is 0.374 e. The van der Waals surface area contributed by atoms with Gasteiger partial charge in [0, 0.05) is 38.0 Å². The predicted molar refractivity (Wildman–Crippen MR) is 75.3 cm³/mol. The first kappa shape index (κ1) is 13.5. The Bertz CT molecular complexity index is 477. The molecule has 0 radical (unpaired) electrons. The Labute approximate surface area is 121 Å². The summed E-state index contributed by atoms with van der Waals surface area (Å²) in [6.45, 7) is 4.89. The van der Waals surface area contributed by atoms with Crippen LogP contribution in [0.5, 0.6) is 0 Å². The molecule has 0 aromatic rings. The molecule has 2 bridgehead atoms. The van der Waals surface area contributed by atoms with Gasteiger partial charge < -0.3 is 4.74 Å². The van der Waals surface area contributed by atoms with Gasteiger partial charge in [0.15, 0.2) is 0 Å². The summed E-state index contributed by atoms with van der Waals surface area (Å²) < 4.78 is 35.0. The minimum absolute atomic E-state index is 0.325. The normalized spacial score (nSPS) is 46.0. The van der Waals surface area contributed by atoms with Crippen LogP contribution < -0.4 is 0 Å². The molecule has 5 nitrogen and oxygen atoms in total. The van der Waals surface area contributed by atoms with Crippen molar-refractivity contribution in [1.29, 1.82) is 0 Å². The van der Waals surface area contributed by atoms with Crippen LogP contribution >= 0.6 is 0 Å². The smallest absolute Gasteiger partial charge is 0.282 e. The molecule has 20 heavy (non-hydrogen) atoms. The van der Waals surface area contributed by atoms with Gasteiger partial charge in [0.25, 0.3) is 10.2 Å². The van der Waals surface area contributed by atoms with Crippen molar-refractivity contribution in [1.82, 2.24) is 8.61 Å². The zero-order valence-electron chi connectivity index (χ0n) is 12.1. The summed E-state index contributed by atoms with van der Waals surface area (Å²) in [5, 5.41) is 0. The van der Waals surface area contributed by atoms with Crippen molar-refractivity contribution in [2.24, 2.45) is 17.8 Å². The molecule has 4 aliphatic heterocycles. The van der Waals surface area contributed by atoms with Gasteiger partial charge >= 0.3 is 0 Å². The molecule has 0 amide bonds. The molecule has 4 heterocycles. The van der Waals surface area contributed by atoms with Gasteiger partial charge in [-0.1, -0.05) is 6.92 Å². The van der Waals surface area contributed by atoms with E-state index in [-0.39, 0.29) is 0 Å². The molecular weight excluding hydrogens is 276 g/mol. The molecule has 5 atom stereocenters. The summed E-state index contributed by atoms with van der Waals surface area (Å²) in [6.07, 6.45) is 5.04. The molecule has 4 fully saturated rings. The van der Waals surface area contributed by atoms with E-state index in [9.17, 15) is 8.42 Å². The van der Waals surface area contributed by atoms with Crippen LogP contribution in [0.4, 0.5) is 0 Å². The van der Waals surface area contributed by atoms with Crippen LogP contribution in [-0.2, 0) is 14.9 Å². The van der Waals surface area contributed by atoms with Crippen molar-refractivity contribution in [3.8, 4) is 0 Å². The summed E-state index contributed by atoms with van der Waals surface area (Å²) >= 11 is 0. The predicted octanol–water partition coefficient (Wildman–Crippen LogP) is 1.07. The van der Waals surface area contributed by atoms with E-state index < -0.39 is 10.2 Å². The molecular formula is C14H24N2O3S. The fraction of sp³-hybridized carbons (Fsp3) is 1.00. The summed E-state index contributed by atoms with van der Waals surface area (Å²) in [5.41, 5.74) is 0. The molecule has 0 unspecified atom stereocenters. The molecule has 114 valence electrons. The van der Waals surface area contributed by atoms with Crippen LogP contribution in [-0.4, -0.2) is 55.4 Å². The van der Waals surface area contributed by atoms with E-state index >= 15 is 0 Å². The topological polar surface area (TPSA) is 49.9 Å². The highest BCUT2D eigenvalue weighted by atomic mass is 32.2. The molecule has 4 aliphatic rings.